The van der Waals surface area contributed by atoms with Gasteiger partial charge in [-0.25, -0.2) is 0 Å². The molecule has 2 fully saturated rings. The molecule has 0 bridgehead atoms. The summed E-state index contributed by atoms with van der Waals surface area (Å²) < 4.78 is 7.07. The van der Waals surface area contributed by atoms with Gasteiger partial charge in [-0.3, -0.25) is 14.2 Å². The molecule has 2 aliphatic rings. The number of rotatable bonds is 5. The Morgan fingerprint density at radius 3 is 2.52 bits per heavy atom. The molecule has 0 aliphatic carbocycles. The van der Waals surface area contributed by atoms with Gasteiger partial charge in [0.25, 0.3) is 0 Å². The van der Waals surface area contributed by atoms with E-state index < -0.39 is 0 Å². The van der Waals surface area contributed by atoms with Gasteiger partial charge in [-0.05, 0) is 44.7 Å². The normalized spacial score (nSPS) is 20.7. The molecule has 2 saturated heterocycles. The van der Waals surface area contributed by atoms with Gasteiger partial charge < -0.3 is 14.5 Å². The lowest BCUT2D eigenvalue weighted by Crippen LogP contribution is -2.48. The number of ether oxygens (including phenoxy) is 1. The number of piperidine rings is 2. The number of esters is 1. The third-order valence-corrected chi connectivity index (χ3v) is 6.69. The van der Waals surface area contributed by atoms with E-state index in [1.807, 2.05) is 40.9 Å². The van der Waals surface area contributed by atoms with Crippen molar-refractivity contribution in [3.05, 3.63) is 24.5 Å². The Hall–Kier alpha value is -2.42. The molecule has 9 heteroatoms. The van der Waals surface area contributed by atoms with E-state index in [1.165, 1.54) is 0 Å². The quantitative estimate of drug-likeness (QED) is 0.695. The molecule has 29 heavy (non-hydrogen) atoms. The fraction of sp³-hybridized carbons (Fsp3) is 0.600. The first-order valence-electron chi connectivity index (χ1n) is 10.3. The second kappa shape index (κ2) is 8.94. The number of hydrogen-bond donors (Lipinski definition) is 0. The Bertz CT molecular complexity index is 829. The zero-order valence-electron chi connectivity index (χ0n) is 16.7. The van der Waals surface area contributed by atoms with Crippen molar-refractivity contribution in [2.45, 2.75) is 32.6 Å². The summed E-state index contributed by atoms with van der Waals surface area (Å²) in [6.07, 6.45) is 7.15. The molecular formula is C20H27N5O3S. The van der Waals surface area contributed by atoms with Crippen molar-refractivity contribution in [1.82, 2.24) is 19.7 Å². The summed E-state index contributed by atoms with van der Waals surface area (Å²) in [7, 11) is 0. The molecule has 2 aliphatic heterocycles. The average molecular weight is 418 g/mol. The maximum Gasteiger partial charge on any atom is 0.309 e. The summed E-state index contributed by atoms with van der Waals surface area (Å²) in [5, 5.41) is 10.3. The van der Waals surface area contributed by atoms with Crippen LogP contribution in [0.5, 0.6) is 0 Å². The zero-order valence-corrected chi connectivity index (χ0v) is 17.5. The fourth-order valence-electron chi connectivity index (χ4n) is 4.11. The van der Waals surface area contributed by atoms with Crippen LogP contribution in [-0.4, -0.2) is 64.3 Å². The van der Waals surface area contributed by atoms with Crippen LogP contribution in [0.25, 0.3) is 5.13 Å². The highest BCUT2D eigenvalue weighted by molar-refractivity contribution is 7.17. The van der Waals surface area contributed by atoms with Crippen LogP contribution < -0.4 is 4.90 Å². The van der Waals surface area contributed by atoms with Gasteiger partial charge in [0.15, 0.2) is 0 Å². The van der Waals surface area contributed by atoms with Crippen molar-refractivity contribution in [3.63, 3.8) is 0 Å². The molecule has 0 N–H and O–H groups in total. The molecular weight excluding hydrogens is 390 g/mol. The lowest BCUT2D eigenvalue weighted by atomic mass is 9.93. The molecule has 1 atom stereocenters. The predicted molar refractivity (Wildman–Crippen MR) is 110 cm³/mol. The minimum Gasteiger partial charge on any atom is -0.466 e. The first-order chi connectivity index (χ1) is 14.2. The summed E-state index contributed by atoms with van der Waals surface area (Å²) in [5.74, 6) is -0.0254. The number of carbonyl (C=O) groups excluding carboxylic acids is 2. The Labute approximate surface area is 174 Å². The first-order valence-corrected chi connectivity index (χ1v) is 11.1. The zero-order chi connectivity index (χ0) is 20.2. The fourth-order valence-corrected chi connectivity index (χ4v) is 4.96. The highest BCUT2D eigenvalue weighted by atomic mass is 32.1. The number of hydrogen-bond acceptors (Lipinski definition) is 7. The summed E-state index contributed by atoms with van der Waals surface area (Å²) in [6, 6.07) is 3.92. The molecule has 1 amide bonds. The van der Waals surface area contributed by atoms with Crippen molar-refractivity contribution in [2.75, 3.05) is 37.7 Å². The molecule has 0 spiro atoms. The van der Waals surface area contributed by atoms with Gasteiger partial charge >= 0.3 is 5.97 Å². The van der Waals surface area contributed by atoms with Crippen molar-refractivity contribution < 1.29 is 14.3 Å². The highest BCUT2D eigenvalue weighted by Crippen LogP contribution is 2.29. The van der Waals surface area contributed by atoms with E-state index in [-0.39, 0.29) is 23.7 Å². The lowest BCUT2D eigenvalue weighted by Gasteiger charge is -2.37. The van der Waals surface area contributed by atoms with Crippen LogP contribution in [0.3, 0.4) is 0 Å². The number of carbonyl (C=O) groups is 2. The Kier molecular flexibility index (Phi) is 6.13. The molecule has 0 aromatic carbocycles. The minimum absolute atomic E-state index is 0.0261. The van der Waals surface area contributed by atoms with E-state index in [0.717, 1.165) is 29.6 Å². The van der Waals surface area contributed by atoms with Crippen LogP contribution in [-0.2, 0) is 14.3 Å². The molecule has 0 radical (unpaired) electrons. The predicted octanol–water partition coefficient (Wildman–Crippen LogP) is 2.35. The van der Waals surface area contributed by atoms with Gasteiger partial charge in [-0.15, -0.1) is 10.2 Å². The molecule has 4 heterocycles. The largest absolute Gasteiger partial charge is 0.466 e. The van der Waals surface area contributed by atoms with Crippen molar-refractivity contribution in [2.24, 2.45) is 11.8 Å². The van der Waals surface area contributed by atoms with Crippen molar-refractivity contribution in [1.29, 1.82) is 0 Å². The third-order valence-electron chi connectivity index (χ3n) is 5.70. The van der Waals surface area contributed by atoms with E-state index >= 15 is 0 Å². The smallest absolute Gasteiger partial charge is 0.309 e. The topological polar surface area (TPSA) is 80.6 Å². The minimum atomic E-state index is -0.127. The maximum atomic E-state index is 13.1. The van der Waals surface area contributed by atoms with Crippen LogP contribution in [0.2, 0.25) is 0 Å². The molecule has 1 unspecified atom stereocenters. The van der Waals surface area contributed by atoms with Gasteiger partial charge in [-0.1, -0.05) is 11.3 Å². The van der Waals surface area contributed by atoms with Crippen LogP contribution in [0.4, 0.5) is 5.13 Å². The second-order valence-electron chi connectivity index (χ2n) is 7.59. The monoisotopic (exact) mass is 417 g/mol. The lowest BCUT2D eigenvalue weighted by molar-refractivity contribution is -0.151. The van der Waals surface area contributed by atoms with Crippen LogP contribution in [0.1, 0.15) is 32.6 Å². The van der Waals surface area contributed by atoms with Crippen LogP contribution >= 0.6 is 11.3 Å². The maximum absolute atomic E-state index is 13.1. The molecule has 2 aromatic heterocycles. The van der Waals surface area contributed by atoms with Gasteiger partial charge in [-0.2, -0.15) is 0 Å². The number of likely N-dealkylation sites (tertiary alicyclic amines) is 1. The number of anilines is 1. The molecule has 0 saturated carbocycles. The number of aromatic nitrogens is 3. The van der Waals surface area contributed by atoms with E-state index in [9.17, 15) is 9.59 Å². The van der Waals surface area contributed by atoms with Crippen molar-refractivity contribution >= 4 is 28.3 Å². The van der Waals surface area contributed by atoms with Crippen LogP contribution in [0, 0.1) is 11.8 Å². The Morgan fingerprint density at radius 2 is 1.79 bits per heavy atom. The summed E-state index contributed by atoms with van der Waals surface area (Å²) in [5.41, 5.74) is 0. The Morgan fingerprint density at radius 1 is 1.07 bits per heavy atom. The van der Waals surface area contributed by atoms with Crippen LogP contribution in [0.15, 0.2) is 24.5 Å². The van der Waals surface area contributed by atoms with E-state index in [0.29, 0.717) is 39.1 Å². The number of nitrogens with zero attached hydrogens (tertiary/aromatic N) is 5. The van der Waals surface area contributed by atoms with Gasteiger partial charge in [0.2, 0.25) is 16.2 Å². The van der Waals surface area contributed by atoms with E-state index in [2.05, 4.69) is 15.1 Å². The van der Waals surface area contributed by atoms with Crippen molar-refractivity contribution in [3.8, 4) is 5.13 Å². The average Bonchev–Trinajstić information content (AvgIpc) is 3.45. The Balaban J connectivity index is 1.34. The summed E-state index contributed by atoms with van der Waals surface area (Å²) >= 11 is 1.54. The first kappa shape index (κ1) is 19.9. The van der Waals surface area contributed by atoms with Gasteiger partial charge in [0.1, 0.15) is 0 Å². The standard InChI is InChI=1S/C20H27N5O3S/c1-2-28-18(27)15-7-12-23(13-8-15)17(26)16-6-5-11-25(14-16)20-22-21-19(29-20)24-9-3-4-10-24/h3-4,9-10,15-16H,2,5-8,11-14H2,1H3. The molecule has 4 rings (SSSR count). The van der Waals surface area contributed by atoms with Gasteiger partial charge in [0.05, 0.1) is 18.4 Å². The molecule has 8 nitrogen and oxygen atoms in total. The van der Waals surface area contributed by atoms with E-state index in [1.54, 1.807) is 11.3 Å². The molecule has 2 aromatic rings. The number of amides is 1. The SMILES string of the molecule is CCOC(=O)C1CCN(C(=O)C2CCCN(c3nnc(-n4cccc4)s3)C2)CC1. The van der Waals surface area contributed by atoms with E-state index in [4.69, 9.17) is 4.74 Å². The summed E-state index contributed by atoms with van der Waals surface area (Å²) in [6.45, 7) is 5.08. The summed E-state index contributed by atoms with van der Waals surface area (Å²) in [4.78, 5) is 29.1. The molecule has 156 valence electrons. The third kappa shape index (κ3) is 4.44. The highest BCUT2D eigenvalue weighted by Gasteiger charge is 2.34. The second-order valence-corrected chi connectivity index (χ2v) is 8.53. The van der Waals surface area contributed by atoms with Gasteiger partial charge in [0, 0.05) is 38.6 Å².